The van der Waals surface area contributed by atoms with Gasteiger partial charge in [-0.05, 0) is 44.4 Å². The summed E-state index contributed by atoms with van der Waals surface area (Å²) in [6, 6.07) is 8.46. The van der Waals surface area contributed by atoms with Crippen molar-refractivity contribution >= 4 is 5.97 Å². The molecule has 1 N–H and O–H groups in total. The number of carbonyl (C=O) groups is 1. The second-order valence-electron chi connectivity index (χ2n) is 5.18. The third kappa shape index (κ3) is 2.98. The van der Waals surface area contributed by atoms with Gasteiger partial charge in [-0.15, -0.1) is 0 Å². The maximum Gasteiger partial charge on any atom is 0.308 e. The number of carbonyl (C=O) groups excluding carboxylic acids is 1. The lowest BCUT2D eigenvalue weighted by Crippen LogP contribution is -2.42. The Bertz CT molecular complexity index is 444. The highest BCUT2D eigenvalue weighted by molar-refractivity contribution is 5.71. The predicted molar refractivity (Wildman–Crippen MR) is 76.0 cm³/mol. The quantitative estimate of drug-likeness (QED) is 0.669. The van der Waals surface area contributed by atoms with Crippen LogP contribution >= 0.6 is 0 Å². The molecule has 0 heterocycles. The first-order chi connectivity index (χ1) is 9.22. The van der Waals surface area contributed by atoms with Crippen molar-refractivity contribution in [1.29, 1.82) is 0 Å². The molecular formula is C16H23NO2. The number of nitrogens with one attached hydrogen (secondary N) is 1. The monoisotopic (exact) mass is 261 g/mol. The van der Waals surface area contributed by atoms with E-state index in [1.54, 1.807) is 0 Å². The molecule has 0 aromatic heterocycles. The summed E-state index contributed by atoms with van der Waals surface area (Å²) in [5, 5.41) is 3.40. The zero-order chi connectivity index (χ0) is 13.7. The Kier molecular flexibility index (Phi) is 4.59. The number of esters is 1. The van der Waals surface area contributed by atoms with Crippen LogP contribution in [-0.2, 0) is 21.5 Å². The molecule has 1 aliphatic carbocycles. The van der Waals surface area contributed by atoms with Gasteiger partial charge in [-0.3, -0.25) is 4.79 Å². The molecule has 0 aliphatic heterocycles. The fraction of sp³-hybridized carbons (Fsp3) is 0.562. The van der Waals surface area contributed by atoms with Crippen molar-refractivity contribution in [1.82, 2.24) is 5.32 Å². The minimum absolute atomic E-state index is 0.117. The van der Waals surface area contributed by atoms with Gasteiger partial charge >= 0.3 is 5.97 Å². The van der Waals surface area contributed by atoms with E-state index in [4.69, 9.17) is 4.74 Å². The molecule has 1 atom stereocenters. The molecule has 104 valence electrons. The Hall–Kier alpha value is -1.35. The van der Waals surface area contributed by atoms with Crippen molar-refractivity contribution in [2.24, 2.45) is 0 Å². The summed E-state index contributed by atoms with van der Waals surface area (Å²) in [7, 11) is 1.95. The van der Waals surface area contributed by atoms with Crippen LogP contribution in [0.1, 0.15) is 43.7 Å². The van der Waals surface area contributed by atoms with E-state index >= 15 is 0 Å². The molecule has 2 rings (SSSR count). The highest BCUT2D eigenvalue weighted by Gasteiger charge is 2.36. The topological polar surface area (TPSA) is 38.3 Å². The van der Waals surface area contributed by atoms with Gasteiger partial charge in [-0.2, -0.15) is 0 Å². The van der Waals surface area contributed by atoms with Crippen molar-refractivity contribution in [2.75, 3.05) is 13.7 Å². The first-order valence-corrected chi connectivity index (χ1v) is 7.15. The van der Waals surface area contributed by atoms with Gasteiger partial charge in [0.05, 0.1) is 18.6 Å². The summed E-state index contributed by atoms with van der Waals surface area (Å²) in [4.78, 5) is 11.9. The molecule has 1 aromatic carbocycles. The first-order valence-electron chi connectivity index (χ1n) is 7.15. The summed E-state index contributed by atoms with van der Waals surface area (Å²) in [5.41, 5.74) is 2.36. The molecule has 1 unspecified atom stereocenters. The minimum atomic E-state index is -0.265. The van der Waals surface area contributed by atoms with Crippen LogP contribution in [-0.4, -0.2) is 19.6 Å². The first kappa shape index (κ1) is 14.1. The van der Waals surface area contributed by atoms with E-state index in [-0.39, 0.29) is 11.5 Å². The molecule has 0 saturated heterocycles. The lowest BCUT2D eigenvalue weighted by Gasteiger charge is -2.33. The molecule has 0 amide bonds. The van der Waals surface area contributed by atoms with Crippen LogP contribution < -0.4 is 5.32 Å². The number of benzene rings is 1. The third-order valence-corrected chi connectivity index (χ3v) is 4.06. The van der Waals surface area contributed by atoms with Gasteiger partial charge in [-0.25, -0.2) is 0 Å². The van der Waals surface area contributed by atoms with Crippen LogP contribution in [0.15, 0.2) is 24.3 Å². The zero-order valence-corrected chi connectivity index (χ0v) is 11.9. The normalized spacial score (nSPS) is 22.4. The van der Waals surface area contributed by atoms with Gasteiger partial charge in [0.1, 0.15) is 0 Å². The highest BCUT2D eigenvalue weighted by Crippen LogP contribution is 2.36. The van der Waals surface area contributed by atoms with Gasteiger partial charge in [-0.1, -0.05) is 30.7 Å². The maximum absolute atomic E-state index is 11.9. The lowest BCUT2D eigenvalue weighted by atomic mass is 9.82. The Morgan fingerprint density at radius 1 is 1.37 bits per heavy atom. The van der Waals surface area contributed by atoms with E-state index < -0.39 is 0 Å². The average molecular weight is 261 g/mol. The molecule has 1 aromatic rings. The van der Waals surface area contributed by atoms with Crippen molar-refractivity contribution in [3.8, 4) is 0 Å². The number of aryl methyl sites for hydroxylation is 1. The molecule has 3 heteroatoms. The number of ether oxygens (including phenoxy) is 1. The van der Waals surface area contributed by atoms with E-state index in [0.29, 0.717) is 13.0 Å². The summed E-state index contributed by atoms with van der Waals surface area (Å²) in [6.07, 6.45) is 4.81. The van der Waals surface area contributed by atoms with Crippen molar-refractivity contribution < 1.29 is 9.53 Å². The summed E-state index contributed by atoms with van der Waals surface area (Å²) >= 11 is 0. The number of fused-ring (bicyclic) bond motifs is 1. The molecule has 0 spiro atoms. The van der Waals surface area contributed by atoms with Gasteiger partial charge in [0, 0.05) is 0 Å². The maximum atomic E-state index is 11.9. The summed E-state index contributed by atoms with van der Waals surface area (Å²) in [6.45, 7) is 2.30. The van der Waals surface area contributed by atoms with Crippen LogP contribution in [0.2, 0.25) is 0 Å². The molecule has 0 saturated carbocycles. The van der Waals surface area contributed by atoms with E-state index in [1.807, 2.05) is 14.0 Å². The number of rotatable bonds is 4. The molecule has 3 nitrogen and oxygen atoms in total. The van der Waals surface area contributed by atoms with Crippen molar-refractivity contribution in [3.63, 3.8) is 0 Å². The molecule has 0 radical (unpaired) electrons. The van der Waals surface area contributed by atoms with Gasteiger partial charge in [0.2, 0.25) is 0 Å². The fourth-order valence-electron chi connectivity index (χ4n) is 3.07. The predicted octanol–water partition coefficient (Wildman–Crippen LogP) is 2.78. The largest absolute Gasteiger partial charge is 0.466 e. The second kappa shape index (κ2) is 6.20. The standard InChI is InChI=1S/C16H23NO2/c1-3-19-15(18)12-16(17-2)11-7-6-9-13-8-4-5-10-14(13)16/h4-5,8,10,17H,3,6-7,9,11-12H2,1-2H3. The van der Waals surface area contributed by atoms with Crippen molar-refractivity contribution in [3.05, 3.63) is 35.4 Å². The molecule has 0 fully saturated rings. The van der Waals surface area contributed by atoms with Gasteiger partial charge in [0.25, 0.3) is 0 Å². The van der Waals surface area contributed by atoms with Crippen LogP contribution in [0.25, 0.3) is 0 Å². The van der Waals surface area contributed by atoms with E-state index in [1.165, 1.54) is 17.5 Å². The summed E-state index contributed by atoms with van der Waals surface area (Å²) < 4.78 is 5.15. The van der Waals surface area contributed by atoms with Gasteiger partial charge in [0.15, 0.2) is 0 Å². The highest BCUT2D eigenvalue weighted by atomic mass is 16.5. The number of hydrogen-bond acceptors (Lipinski definition) is 3. The third-order valence-electron chi connectivity index (χ3n) is 4.06. The Balaban J connectivity index is 2.35. The average Bonchev–Trinajstić information content (AvgIpc) is 2.60. The molecular weight excluding hydrogens is 238 g/mol. The Labute approximate surface area is 115 Å². The second-order valence-corrected chi connectivity index (χ2v) is 5.18. The van der Waals surface area contributed by atoms with Crippen LogP contribution in [0.5, 0.6) is 0 Å². The molecule has 1 aliphatic rings. The van der Waals surface area contributed by atoms with E-state index in [2.05, 4.69) is 29.6 Å². The SMILES string of the molecule is CCOC(=O)CC1(NC)CCCCc2ccccc21. The summed E-state index contributed by atoms with van der Waals surface area (Å²) in [5.74, 6) is -0.117. The minimum Gasteiger partial charge on any atom is -0.466 e. The smallest absolute Gasteiger partial charge is 0.308 e. The van der Waals surface area contributed by atoms with Gasteiger partial charge < -0.3 is 10.1 Å². The van der Waals surface area contributed by atoms with Crippen LogP contribution in [0.3, 0.4) is 0 Å². The zero-order valence-electron chi connectivity index (χ0n) is 11.9. The van der Waals surface area contributed by atoms with E-state index in [0.717, 1.165) is 19.3 Å². The Morgan fingerprint density at radius 3 is 2.89 bits per heavy atom. The Morgan fingerprint density at radius 2 is 2.16 bits per heavy atom. The lowest BCUT2D eigenvalue weighted by molar-refractivity contribution is -0.145. The van der Waals surface area contributed by atoms with Crippen molar-refractivity contribution in [2.45, 2.75) is 44.6 Å². The van der Waals surface area contributed by atoms with Crippen LogP contribution in [0, 0.1) is 0 Å². The molecule has 0 bridgehead atoms. The van der Waals surface area contributed by atoms with E-state index in [9.17, 15) is 4.79 Å². The molecule has 19 heavy (non-hydrogen) atoms. The van der Waals surface area contributed by atoms with Crippen LogP contribution in [0.4, 0.5) is 0 Å². The number of hydrogen-bond donors (Lipinski definition) is 1. The fourth-order valence-corrected chi connectivity index (χ4v) is 3.07.